The third-order valence-corrected chi connectivity index (χ3v) is 7.86. The lowest BCUT2D eigenvalue weighted by Crippen LogP contribution is -2.50. The highest BCUT2D eigenvalue weighted by Gasteiger charge is 2.36. The van der Waals surface area contributed by atoms with E-state index in [1.165, 1.54) is 4.31 Å². The molecule has 2 fully saturated rings. The maximum Gasteiger partial charge on any atom is 0.227 e. The van der Waals surface area contributed by atoms with Crippen LogP contribution >= 0.6 is 0 Å². The molecule has 0 aromatic rings. The molecule has 0 spiro atoms. The van der Waals surface area contributed by atoms with E-state index in [4.69, 9.17) is 0 Å². The molecule has 7 nitrogen and oxygen atoms in total. The van der Waals surface area contributed by atoms with Crippen LogP contribution in [-0.2, 0) is 19.6 Å². The monoisotopic (exact) mass is 401 g/mol. The zero-order valence-electron chi connectivity index (χ0n) is 17.0. The Morgan fingerprint density at radius 1 is 0.963 bits per heavy atom. The number of hydrogen-bond donors (Lipinski definition) is 0. The number of carbonyl (C=O) groups is 2. The molecule has 1 atom stereocenters. The highest BCUT2D eigenvalue weighted by Crippen LogP contribution is 2.25. The van der Waals surface area contributed by atoms with Gasteiger partial charge < -0.3 is 9.80 Å². The first-order valence-corrected chi connectivity index (χ1v) is 12.0. The summed E-state index contributed by atoms with van der Waals surface area (Å²) in [5.41, 5.74) is 0. The van der Waals surface area contributed by atoms with Crippen LogP contribution in [0.1, 0.15) is 52.9 Å². The second-order valence-corrected chi connectivity index (χ2v) is 9.71. The summed E-state index contributed by atoms with van der Waals surface area (Å²) in [5.74, 6) is 0.149. The van der Waals surface area contributed by atoms with Gasteiger partial charge in [0.2, 0.25) is 21.8 Å². The molecule has 2 heterocycles. The molecule has 27 heavy (non-hydrogen) atoms. The van der Waals surface area contributed by atoms with Crippen LogP contribution in [0.2, 0.25) is 0 Å². The summed E-state index contributed by atoms with van der Waals surface area (Å²) >= 11 is 0. The first-order chi connectivity index (χ1) is 12.8. The zero-order chi connectivity index (χ0) is 20.0. The molecule has 2 saturated heterocycles. The fourth-order valence-corrected chi connectivity index (χ4v) is 5.77. The van der Waals surface area contributed by atoms with Crippen molar-refractivity contribution in [2.45, 2.75) is 52.9 Å². The number of nitrogens with zero attached hydrogens (tertiary/aromatic N) is 3. The molecule has 2 rings (SSSR count). The quantitative estimate of drug-likeness (QED) is 0.648. The van der Waals surface area contributed by atoms with Crippen LogP contribution in [0, 0.1) is 11.8 Å². The predicted octanol–water partition coefficient (Wildman–Crippen LogP) is 1.55. The summed E-state index contributed by atoms with van der Waals surface area (Å²) in [6.45, 7) is 9.28. The SMILES string of the molecule is CCCS(=O)(=O)N1CCCC(C(=O)N2CCC(C(=O)N(CC)CC)CC2)C1. The van der Waals surface area contributed by atoms with Crippen LogP contribution < -0.4 is 0 Å². The topological polar surface area (TPSA) is 78.0 Å². The van der Waals surface area contributed by atoms with Gasteiger partial charge in [0, 0.05) is 45.2 Å². The summed E-state index contributed by atoms with van der Waals surface area (Å²) in [7, 11) is -3.25. The molecule has 2 amide bonds. The summed E-state index contributed by atoms with van der Waals surface area (Å²) in [6, 6.07) is 0. The molecule has 0 aromatic carbocycles. The van der Waals surface area contributed by atoms with Crippen molar-refractivity contribution in [3.63, 3.8) is 0 Å². The highest BCUT2D eigenvalue weighted by atomic mass is 32.2. The van der Waals surface area contributed by atoms with Gasteiger partial charge in [-0.15, -0.1) is 0 Å². The Balaban J connectivity index is 1.91. The van der Waals surface area contributed by atoms with E-state index >= 15 is 0 Å². The molecular formula is C19H35N3O4S. The van der Waals surface area contributed by atoms with E-state index in [1.54, 1.807) is 0 Å². The molecule has 0 saturated carbocycles. The minimum Gasteiger partial charge on any atom is -0.343 e. The molecule has 156 valence electrons. The second-order valence-electron chi connectivity index (χ2n) is 7.62. The van der Waals surface area contributed by atoms with Gasteiger partial charge in [-0.3, -0.25) is 9.59 Å². The van der Waals surface area contributed by atoms with Gasteiger partial charge in [0.25, 0.3) is 0 Å². The van der Waals surface area contributed by atoms with Crippen molar-refractivity contribution in [1.82, 2.24) is 14.1 Å². The third kappa shape index (κ3) is 5.44. The predicted molar refractivity (Wildman–Crippen MR) is 106 cm³/mol. The maximum absolute atomic E-state index is 12.9. The van der Waals surface area contributed by atoms with E-state index in [-0.39, 0.29) is 29.4 Å². The fraction of sp³-hybridized carbons (Fsp3) is 0.895. The molecule has 0 aromatic heterocycles. The molecule has 8 heteroatoms. The van der Waals surface area contributed by atoms with E-state index in [9.17, 15) is 18.0 Å². The fourth-order valence-electron chi connectivity index (χ4n) is 4.18. The van der Waals surface area contributed by atoms with Gasteiger partial charge in [-0.25, -0.2) is 12.7 Å². The Labute approximate surface area is 164 Å². The average molecular weight is 402 g/mol. The average Bonchev–Trinajstić information content (AvgIpc) is 2.68. The number of amides is 2. The Kier molecular flexibility index (Phi) is 8.09. The number of sulfonamides is 1. The van der Waals surface area contributed by atoms with Crippen LogP contribution in [0.4, 0.5) is 0 Å². The molecule has 0 aliphatic carbocycles. The number of rotatable bonds is 7. The van der Waals surface area contributed by atoms with E-state index in [0.29, 0.717) is 45.4 Å². The number of carbonyl (C=O) groups excluding carboxylic acids is 2. The minimum absolute atomic E-state index is 0.00161. The largest absolute Gasteiger partial charge is 0.343 e. The van der Waals surface area contributed by atoms with Crippen molar-refractivity contribution in [1.29, 1.82) is 0 Å². The lowest BCUT2D eigenvalue weighted by atomic mass is 9.92. The molecular weight excluding hydrogens is 366 g/mol. The van der Waals surface area contributed by atoms with Gasteiger partial charge in [-0.1, -0.05) is 6.92 Å². The second kappa shape index (κ2) is 9.87. The van der Waals surface area contributed by atoms with Crippen LogP contribution in [0.5, 0.6) is 0 Å². The number of hydrogen-bond acceptors (Lipinski definition) is 4. The minimum atomic E-state index is -3.25. The third-order valence-electron chi connectivity index (χ3n) is 5.82. The van der Waals surface area contributed by atoms with Crippen molar-refractivity contribution in [2.75, 3.05) is 45.0 Å². The Bertz CT molecular complexity index is 610. The lowest BCUT2D eigenvalue weighted by molar-refractivity contribution is -0.143. The first-order valence-electron chi connectivity index (χ1n) is 10.4. The standard InChI is InChI=1S/C19H35N3O4S/c1-4-14-27(25,26)22-11-7-8-17(15-22)19(24)21-12-9-16(10-13-21)18(23)20(5-2)6-3/h16-17H,4-15H2,1-3H3. The summed E-state index contributed by atoms with van der Waals surface area (Å²) in [6.07, 6.45) is 3.47. The molecule has 0 N–H and O–H groups in total. The smallest absolute Gasteiger partial charge is 0.227 e. The molecule has 0 bridgehead atoms. The van der Waals surface area contributed by atoms with Crippen molar-refractivity contribution in [3.8, 4) is 0 Å². The molecule has 0 radical (unpaired) electrons. The van der Waals surface area contributed by atoms with Crippen LogP contribution in [-0.4, -0.2) is 79.4 Å². The lowest BCUT2D eigenvalue weighted by Gasteiger charge is -2.38. The van der Waals surface area contributed by atoms with Gasteiger partial charge in [0.15, 0.2) is 0 Å². The normalized spacial score (nSPS) is 22.6. The van der Waals surface area contributed by atoms with E-state index in [0.717, 1.165) is 25.9 Å². The summed E-state index contributed by atoms with van der Waals surface area (Å²) in [5, 5.41) is 0. The molecule has 2 aliphatic rings. The van der Waals surface area contributed by atoms with Gasteiger partial charge in [-0.05, 0) is 46.0 Å². The zero-order valence-corrected chi connectivity index (χ0v) is 17.8. The molecule has 2 aliphatic heterocycles. The number of piperidine rings is 2. The summed E-state index contributed by atoms with van der Waals surface area (Å²) < 4.78 is 26.2. The van der Waals surface area contributed by atoms with Gasteiger partial charge in [-0.2, -0.15) is 0 Å². The van der Waals surface area contributed by atoms with Crippen molar-refractivity contribution >= 4 is 21.8 Å². The highest BCUT2D eigenvalue weighted by molar-refractivity contribution is 7.89. The Morgan fingerprint density at radius 2 is 1.59 bits per heavy atom. The van der Waals surface area contributed by atoms with Crippen molar-refractivity contribution in [2.24, 2.45) is 11.8 Å². The van der Waals surface area contributed by atoms with E-state index in [1.807, 2.05) is 30.6 Å². The van der Waals surface area contributed by atoms with Gasteiger partial charge >= 0.3 is 0 Å². The Morgan fingerprint density at radius 3 is 2.15 bits per heavy atom. The van der Waals surface area contributed by atoms with Crippen LogP contribution in [0.3, 0.4) is 0 Å². The summed E-state index contributed by atoms with van der Waals surface area (Å²) in [4.78, 5) is 29.1. The van der Waals surface area contributed by atoms with Gasteiger partial charge in [0.05, 0.1) is 11.7 Å². The maximum atomic E-state index is 12.9. The van der Waals surface area contributed by atoms with Gasteiger partial charge in [0.1, 0.15) is 0 Å². The van der Waals surface area contributed by atoms with E-state index < -0.39 is 10.0 Å². The van der Waals surface area contributed by atoms with Crippen LogP contribution in [0.15, 0.2) is 0 Å². The Hall–Kier alpha value is -1.15. The van der Waals surface area contributed by atoms with Crippen molar-refractivity contribution in [3.05, 3.63) is 0 Å². The van der Waals surface area contributed by atoms with Crippen molar-refractivity contribution < 1.29 is 18.0 Å². The van der Waals surface area contributed by atoms with Crippen LogP contribution in [0.25, 0.3) is 0 Å². The van der Waals surface area contributed by atoms with E-state index in [2.05, 4.69) is 0 Å². The number of likely N-dealkylation sites (tertiary alicyclic amines) is 1. The molecule has 1 unspecified atom stereocenters. The first kappa shape index (κ1) is 22.1.